The fourth-order valence-corrected chi connectivity index (χ4v) is 1.96. The third-order valence-electron chi connectivity index (χ3n) is 3.29. The van der Waals surface area contributed by atoms with Gasteiger partial charge in [0.1, 0.15) is 0 Å². The second-order valence-electron chi connectivity index (χ2n) is 4.87. The van der Waals surface area contributed by atoms with Gasteiger partial charge in [0.2, 0.25) is 5.91 Å². The summed E-state index contributed by atoms with van der Waals surface area (Å²) in [6.45, 7) is 0.645. The SMILES string of the molecule is CN(CCc1ccccn1)C(=O)Cc1ccc(C#N)cc1. The van der Waals surface area contributed by atoms with Crippen LogP contribution in [-0.4, -0.2) is 29.4 Å². The van der Waals surface area contributed by atoms with Crippen molar-refractivity contribution in [3.8, 4) is 6.07 Å². The lowest BCUT2D eigenvalue weighted by molar-refractivity contribution is -0.129. The van der Waals surface area contributed by atoms with E-state index in [1.54, 1.807) is 30.3 Å². The Hall–Kier alpha value is -2.67. The van der Waals surface area contributed by atoms with Crippen LogP contribution in [0.2, 0.25) is 0 Å². The van der Waals surface area contributed by atoms with Crippen molar-refractivity contribution >= 4 is 5.91 Å². The lowest BCUT2D eigenvalue weighted by Crippen LogP contribution is -2.30. The van der Waals surface area contributed by atoms with Gasteiger partial charge in [-0.2, -0.15) is 5.26 Å². The van der Waals surface area contributed by atoms with E-state index in [-0.39, 0.29) is 5.91 Å². The summed E-state index contributed by atoms with van der Waals surface area (Å²) in [4.78, 5) is 18.1. The van der Waals surface area contributed by atoms with Crippen LogP contribution in [0, 0.1) is 11.3 Å². The van der Waals surface area contributed by atoms with Crippen molar-refractivity contribution in [1.29, 1.82) is 5.26 Å². The van der Waals surface area contributed by atoms with Crippen LogP contribution < -0.4 is 0 Å². The molecule has 0 aliphatic heterocycles. The quantitative estimate of drug-likeness (QED) is 0.843. The van der Waals surface area contributed by atoms with Gasteiger partial charge in [-0.3, -0.25) is 9.78 Å². The molecule has 0 N–H and O–H groups in total. The molecule has 1 amide bonds. The van der Waals surface area contributed by atoms with E-state index in [0.717, 1.165) is 17.7 Å². The molecule has 0 atom stereocenters. The fourth-order valence-electron chi connectivity index (χ4n) is 1.96. The fraction of sp³-hybridized carbons (Fsp3) is 0.235. The molecule has 2 rings (SSSR count). The molecular weight excluding hydrogens is 262 g/mol. The minimum Gasteiger partial charge on any atom is -0.345 e. The first-order valence-electron chi connectivity index (χ1n) is 6.82. The molecule has 1 aromatic heterocycles. The van der Waals surface area contributed by atoms with Gasteiger partial charge in [-0.25, -0.2) is 0 Å². The number of nitriles is 1. The summed E-state index contributed by atoms with van der Waals surface area (Å²) < 4.78 is 0. The summed E-state index contributed by atoms with van der Waals surface area (Å²) in [7, 11) is 1.80. The largest absolute Gasteiger partial charge is 0.345 e. The van der Waals surface area contributed by atoms with Crippen LogP contribution in [-0.2, 0) is 17.6 Å². The summed E-state index contributed by atoms with van der Waals surface area (Å²) in [6, 6.07) is 15.0. The number of hydrogen-bond acceptors (Lipinski definition) is 3. The van der Waals surface area contributed by atoms with Crippen molar-refractivity contribution in [2.24, 2.45) is 0 Å². The number of carbonyl (C=O) groups excluding carboxylic acids is 1. The Labute approximate surface area is 124 Å². The Morgan fingerprint density at radius 1 is 1.24 bits per heavy atom. The molecule has 21 heavy (non-hydrogen) atoms. The summed E-state index contributed by atoms with van der Waals surface area (Å²) in [5.41, 5.74) is 2.51. The number of benzene rings is 1. The predicted octanol–water partition coefficient (Wildman–Crippen LogP) is 2.20. The molecule has 0 radical (unpaired) electrons. The second kappa shape index (κ2) is 7.20. The number of amides is 1. The maximum Gasteiger partial charge on any atom is 0.226 e. The summed E-state index contributed by atoms with van der Waals surface area (Å²) >= 11 is 0. The van der Waals surface area contributed by atoms with Crippen molar-refractivity contribution in [2.75, 3.05) is 13.6 Å². The Kier molecular flexibility index (Phi) is 5.05. The highest BCUT2D eigenvalue weighted by atomic mass is 16.2. The molecule has 0 aliphatic carbocycles. The van der Waals surface area contributed by atoms with Gasteiger partial charge in [0, 0.05) is 31.9 Å². The summed E-state index contributed by atoms with van der Waals surface area (Å²) in [6.07, 6.45) is 2.86. The highest BCUT2D eigenvalue weighted by molar-refractivity contribution is 5.78. The maximum absolute atomic E-state index is 12.1. The Bertz CT molecular complexity index is 629. The van der Waals surface area contributed by atoms with Gasteiger partial charge in [-0.15, -0.1) is 0 Å². The Morgan fingerprint density at radius 3 is 2.62 bits per heavy atom. The van der Waals surface area contributed by atoms with E-state index in [2.05, 4.69) is 11.1 Å². The van der Waals surface area contributed by atoms with Crippen molar-refractivity contribution < 1.29 is 4.79 Å². The number of aromatic nitrogens is 1. The zero-order valence-electron chi connectivity index (χ0n) is 12.0. The van der Waals surface area contributed by atoms with Crippen LogP contribution >= 0.6 is 0 Å². The Balaban J connectivity index is 1.86. The molecule has 1 aromatic carbocycles. The smallest absolute Gasteiger partial charge is 0.226 e. The van der Waals surface area contributed by atoms with E-state index in [1.807, 2.05) is 30.3 Å². The van der Waals surface area contributed by atoms with Gasteiger partial charge in [0.25, 0.3) is 0 Å². The lowest BCUT2D eigenvalue weighted by Gasteiger charge is -2.17. The van der Waals surface area contributed by atoms with E-state index in [9.17, 15) is 4.79 Å². The summed E-state index contributed by atoms with van der Waals surface area (Å²) in [5, 5.41) is 8.75. The Morgan fingerprint density at radius 2 is 2.00 bits per heavy atom. The molecule has 2 aromatic rings. The molecular formula is C17H17N3O. The normalized spacial score (nSPS) is 9.90. The predicted molar refractivity (Wildman–Crippen MR) is 80.4 cm³/mol. The zero-order chi connectivity index (χ0) is 15.1. The van der Waals surface area contributed by atoms with Gasteiger partial charge < -0.3 is 4.90 Å². The average Bonchev–Trinajstić information content (AvgIpc) is 2.54. The third-order valence-corrected chi connectivity index (χ3v) is 3.29. The van der Waals surface area contributed by atoms with Gasteiger partial charge >= 0.3 is 0 Å². The minimum atomic E-state index is 0.0654. The first-order chi connectivity index (χ1) is 10.2. The van der Waals surface area contributed by atoms with Crippen LogP contribution in [0.4, 0.5) is 0 Å². The first-order valence-corrected chi connectivity index (χ1v) is 6.82. The monoisotopic (exact) mass is 279 g/mol. The van der Waals surface area contributed by atoms with Crippen molar-refractivity contribution in [2.45, 2.75) is 12.8 Å². The van der Waals surface area contributed by atoms with E-state index < -0.39 is 0 Å². The molecule has 0 bridgehead atoms. The zero-order valence-corrected chi connectivity index (χ0v) is 12.0. The number of likely N-dealkylation sites (N-methyl/N-ethyl adjacent to an activating group) is 1. The van der Waals surface area contributed by atoms with Gasteiger partial charge in [-0.05, 0) is 29.8 Å². The molecule has 106 valence electrons. The number of pyridine rings is 1. The van der Waals surface area contributed by atoms with Crippen LogP contribution in [0.15, 0.2) is 48.7 Å². The number of rotatable bonds is 5. The molecule has 4 heteroatoms. The number of nitrogens with zero attached hydrogens (tertiary/aromatic N) is 3. The molecule has 1 heterocycles. The minimum absolute atomic E-state index is 0.0654. The van der Waals surface area contributed by atoms with Crippen LogP contribution in [0.1, 0.15) is 16.8 Å². The summed E-state index contributed by atoms with van der Waals surface area (Å²) in [5.74, 6) is 0.0654. The van der Waals surface area contributed by atoms with Crippen LogP contribution in [0.25, 0.3) is 0 Å². The van der Waals surface area contributed by atoms with Gasteiger partial charge in [0.15, 0.2) is 0 Å². The van der Waals surface area contributed by atoms with E-state index in [1.165, 1.54) is 0 Å². The average molecular weight is 279 g/mol. The van der Waals surface area contributed by atoms with Crippen LogP contribution in [0.3, 0.4) is 0 Å². The van der Waals surface area contributed by atoms with Crippen molar-refractivity contribution in [3.05, 3.63) is 65.5 Å². The molecule has 0 unspecified atom stereocenters. The van der Waals surface area contributed by atoms with Crippen molar-refractivity contribution in [1.82, 2.24) is 9.88 Å². The second-order valence-corrected chi connectivity index (χ2v) is 4.87. The molecule has 4 nitrogen and oxygen atoms in total. The molecule has 0 aliphatic rings. The first kappa shape index (κ1) is 14.7. The highest BCUT2D eigenvalue weighted by Gasteiger charge is 2.10. The molecule has 0 spiro atoms. The topological polar surface area (TPSA) is 57.0 Å². The maximum atomic E-state index is 12.1. The molecule has 0 saturated heterocycles. The third kappa shape index (κ3) is 4.43. The molecule has 0 fully saturated rings. The standard InChI is InChI=1S/C17H17N3O/c1-20(11-9-16-4-2-3-10-19-16)17(21)12-14-5-7-15(13-18)8-6-14/h2-8,10H,9,11-12H2,1H3. The van der Waals surface area contributed by atoms with E-state index in [0.29, 0.717) is 18.5 Å². The van der Waals surface area contributed by atoms with Crippen molar-refractivity contribution in [3.63, 3.8) is 0 Å². The number of hydrogen-bond donors (Lipinski definition) is 0. The van der Waals surface area contributed by atoms with Crippen LogP contribution in [0.5, 0.6) is 0 Å². The number of carbonyl (C=O) groups is 1. The lowest BCUT2D eigenvalue weighted by atomic mass is 10.1. The molecule has 0 saturated carbocycles. The van der Waals surface area contributed by atoms with E-state index in [4.69, 9.17) is 5.26 Å². The van der Waals surface area contributed by atoms with Gasteiger partial charge in [0.05, 0.1) is 18.1 Å². The van der Waals surface area contributed by atoms with E-state index >= 15 is 0 Å². The van der Waals surface area contributed by atoms with Gasteiger partial charge in [-0.1, -0.05) is 18.2 Å². The highest BCUT2D eigenvalue weighted by Crippen LogP contribution is 2.06.